The van der Waals surface area contributed by atoms with Gasteiger partial charge >= 0.3 is 0 Å². The van der Waals surface area contributed by atoms with Gasteiger partial charge in [-0.15, -0.1) is 0 Å². The first-order chi connectivity index (χ1) is 5.96. The molecule has 13 heavy (non-hydrogen) atoms. The van der Waals surface area contributed by atoms with Crippen molar-refractivity contribution in [2.45, 2.75) is 32.2 Å². The molecule has 1 aliphatic heterocycles. The van der Waals surface area contributed by atoms with Gasteiger partial charge in [0.15, 0.2) is 0 Å². The van der Waals surface area contributed by atoms with Gasteiger partial charge in [-0.2, -0.15) is 4.31 Å². The van der Waals surface area contributed by atoms with E-state index in [2.05, 4.69) is 0 Å². The number of nitrogens with two attached hydrogens (primary N) is 1. The van der Waals surface area contributed by atoms with Crippen molar-refractivity contribution in [1.82, 2.24) is 4.31 Å². The van der Waals surface area contributed by atoms with E-state index in [1.807, 2.05) is 6.92 Å². The van der Waals surface area contributed by atoms with Crippen LogP contribution in [-0.2, 0) is 10.0 Å². The van der Waals surface area contributed by atoms with Crippen molar-refractivity contribution in [1.29, 1.82) is 0 Å². The molecule has 0 aromatic rings. The van der Waals surface area contributed by atoms with E-state index in [1.54, 1.807) is 11.2 Å². The third kappa shape index (κ3) is 1.87. The Morgan fingerprint density at radius 3 is 2.62 bits per heavy atom. The highest BCUT2D eigenvalue weighted by molar-refractivity contribution is 7.89. The predicted octanol–water partition coefficient (Wildman–Crippen LogP) is 0.149. The van der Waals surface area contributed by atoms with Gasteiger partial charge in [-0.25, -0.2) is 8.42 Å². The maximum atomic E-state index is 11.6. The summed E-state index contributed by atoms with van der Waals surface area (Å²) >= 11 is 0. The Morgan fingerprint density at radius 1 is 1.54 bits per heavy atom. The Hall–Kier alpha value is -0.130. The molecule has 1 heterocycles. The lowest BCUT2D eigenvalue weighted by Gasteiger charge is -2.32. The van der Waals surface area contributed by atoms with Crippen molar-refractivity contribution in [3.63, 3.8) is 0 Å². The molecule has 0 bridgehead atoms. The summed E-state index contributed by atoms with van der Waals surface area (Å²) < 4.78 is 24.9. The number of hydrogen-bond acceptors (Lipinski definition) is 3. The van der Waals surface area contributed by atoms with E-state index in [0.29, 0.717) is 13.1 Å². The number of rotatable bonds is 3. The Balaban J connectivity index is 2.93. The molecule has 0 aromatic carbocycles. The molecule has 1 rings (SSSR count). The Labute approximate surface area is 80.1 Å². The monoisotopic (exact) mass is 206 g/mol. The fourth-order valence-electron chi connectivity index (χ4n) is 1.83. The largest absolute Gasteiger partial charge is 0.329 e. The minimum atomic E-state index is -3.06. The first-order valence-electron chi connectivity index (χ1n) is 4.67. The van der Waals surface area contributed by atoms with Crippen molar-refractivity contribution in [2.24, 2.45) is 5.73 Å². The normalized spacial score (nSPS) is 31.0. The van der Waals surface area contributed by atoms with Gasteiger partial charge in [0, 0.05) is 18.6 Å². The van der Waals surface area contributed by atoms with Gasteiger partial charge in [-0.1, -0.05) is 0 Å². The standard InChI is InChI=1S/C8H18N2O2S/c1-3-13(11,12)10-6-4-5-8(10,2)7-9/h3-7,9H2,1-2H3. The number of sulfonamides is 1. The Morgan fingerprint density at radius 2 is 2.15 bits per heavy atom. The second kappa shape index (κ2) is 3.55. The summed E-state index contributed by atoms with van der Waals surface area (Å²) in [5.74, 6) is 0.169. The van der Waals surface area contributed by atoms with E-state index < -0.39 is 10.0 Å². The van der Waals surface area contributed by atoms with Crippen LogP contribution < -0.4 is 5.73 Å². The van der Waals surface area contributed by atoms with Gasteiger partial charge in [0.25, 0.3) is 0 Å². The van der Waals surface area contributed by atoms with E-state index in [4.69, 9.17) is 5.73 Å². The molecule has 0 spiro atoms. The molecule has 1 unspecified atom stereocenters. The Kier molecular flexibility index (Phi) is 2.99. The first kappa shape index (κ1) is 10.9. The lowest BCUT2D eigenvalue weighted by molar-refractivity contribution is 0.274. The average Bonchev–Trinajstić information content (AvgIpc) is 2.49. The lowest BCUT2D eigenvalue weighted by atomic mass is 10.0. The van der Waals surface area contributed by atoms with Crippen LogP contribution in [0.3, 0.4) is 0 Å². The summed E-state index contributed by atoms with van der Waals surface area (Å²) in [7, 11) is -3.06. The van der Waals surface area contributed by atoms with Gasteiger partial charge in [-0.3, -0.25) is 0 Å². The van der Waals surface area contributed by atoms with Gasteiger partial charge < -0.3 is 5.73 Å². The van der Waals surface area contributed by atoms with Crippen molar-refractivity contribution in [3.05, 3.63) is 0 Å². The molecule has 1 fully saturated rings. The molecule has 0 aliphatic carbocycles. The van der Waals surface area contributed by atoms with Gasteiger partial charge in [0.2, 0.25) is 10.0 Å². The molecular weight excluding hydrogens is 188 g/mol. The topological polar surface area (TPSA) is 63.4 Å². The zero-order valence-corrected chi connectivity index (χ0v) is 9.10. The van der Waals surface area contributed by atoms with E-state index >= 15 is 0 Å². The summed E-state index contributed by atoms with van der Waals surface area (Å²) in [5.41, 5.74) is 5.27. The minimum absolute atomic E-state index is 0.169. The fraction of sp³-hybridized carbons (Fsp3) is 1.00. The van der Waals surface area contributed by atoms with Crippen molar-refractivity contribution in [3.8, 4) is 0 Å². The van der Waals surface area contributed by atoms with E-state index in [9.17, 15) is 8.42 Å². The van der Waals surface area contributed by atoms with Crippen LogP contribution >= 0.6 is 0 Å². The highest BCUT2D eigenvalue weighted by atomic mass is 32.2. The predicted molar refractivity (Wildman–Crippen MR) is 52.9 cm³/mol. The molecule has 0 aromatic heterocycles. The van der Waals surface area contributed by atoms with E-state index in [-0.39, 0.29) is 11.3 Å². The van der Waals surface area contributed by atoms with Crippen LogP contribution in [0.5, 0.6) is 0 Å². The maximum Gasteiger partial charge on any atom is 0.214 e. The van der Waals surface area contributed by atoms with Gasteiger partial charge in [0.1, 0.15) is 0 Å². The summed E-state index contributed by atoms with van der Waals surface area (Å²) in [6, 6.07) is 0. The highest BCUT2D eigenvalue weighted by Crippen LogP contribution is 2.30. The second-order valence-electron chi connectivity index (χ2n) is 3.78. The molecule has 4 nitrogen and oxygen atoms in total. The maximum absolute atomic E-state index is 11.6. The third-order valence-electron chi connectivity index (χ3n) is 2.82. The molecule has 1 aliphatic rings. The molecular formula is C8H18N2O2S. The van der Waals surface area contributed by atoms with Crippen LogP contribution in [0.2, 0.25) is 0 Å². The van der Waals surface area contributed by atoms with Gasteiger partial charge in [0.05, 0.1) is 5.75 Å². The van der Waals surface area contributed by atoms with Crippen LogP contribution in [0.15, 0.2) is 0 Å². The average molecular weight is 206 g/mol. The SMILES string of the molecule is CCS(=O)(=O)N1CCCC1(C)CN. The number of nitrogens with zero attached hydrogens (tertiary/aromatic N) is 1. The van der Waals surface area contributed by atoms with Gasteiger partial charge in [-0.05, 0) is 26.7 Å². The lowest BCUT2D eigenvalue weighted by Crippen LogP contribution is -2.50. The van der Waals surface area contributed by atoms with Crippen LogP contribution in [0, 0.1) is 0 Å². The van der Waals surface area contributed by atoms with Crippen LogP contribution in [0.1, 0.15) is 26.7 Å². The second-order valence-corrected chi connectivity index (χ2v) is 5.96. The molecule has 0 radical (unpaired) electrons. The summed E-state index contributed by atoms with van der Waals surface area (Å²) in [4.78, 5) is 0. The minimum Gasteiger partial charge on any atom is -0.329 e. The molecule has 1 saturated heterocycles. The van der Waals surface area contributed by atoms with Crippen LogP contribution in [-0.4, -0.2) is 37.1 Å². The van der Waals surface area contributed by atoms with Crippen molar-refractivity contribution < 1.29 is 8.42 Å². The number of hydrogen-bond donors (Lipinski definition) is 1. The molecule has 78 valence electrons. The molecule has 0 amide bonds. The summed E-state index contributed by atoms with van der Waals surface area (Å²) in [6.45, 7) is 4.63. The van der Waals surface area contributed by atoms with Crippen molar-refractivity contribution in [2.75, 3.05) is 18.8 Å². The molecule has 0 saturated carbocycles. The Bertz CT molecular complexity index is 276. The molecule has 1 atom stereocenters. The smallest absolute Gasteiger partial charge is 0.214 e. The summed E-state index contributed by atoms with van der Waals surface area (Å²) in [5, 5.41) is 0. The summed E-state index contributed by atoms with van der Waals surface area (Å²) in [6.07, 6.45) is 1.80. The van der Waals surface area contributed by atoms with E-state index in [1.165, 1.54) is 0 Å². The highest BCUT2D eigenvalue weighted by Gasteiger charge is 2.41. The first-order valence-corrected chi connectivity index (χ1v) is 6.28. The van der Waals surface area contributed by atoms with Crippen LogP contribution in [0.4, 0.5) is 0 Å². The van der Waals surface area contributed by atoms with Crippen molar-refractivity contribution >= 4 is 10.0 Å². The molecule has 2 N–H and O–H groups in total. The molecule has 5 heteroatoms. The quantitative estimate of drug-likeness (QED) is 0.715. The van der Waals surface area contributed by atoms with E-state index in [0.717, 1.165) is 12.8 Å². The fourth-order valence-corrected chi connectivity index (χ4v) is 3.39. The third-order valence-corrected chi connectivity index (χ3v) is 4.84. The zero-order valence-electron chi connectivity index (χ0n) is 8.28. The van der Waals surface area contributed by atoms with Crippen LogP contribution in [0.25, 0.3) is 0 Å². The zero-order chi connectivity index (χ0) is 10.1.